The Kier molecular flexibility index (Phi) is 6.97. The Morgan fingerprint density at radius 2 is 1.42 bits per heavy atom. The first kappa shape index (κ1) is 33.4. The predicted octanol–water partition coefficient (Wildman–Crippen LogP) is -0.508. The molecule has 2 saturated heterocycles. The Balaban J connectivity index is 1.58. The number of Topliss-reactive ketones (excluding diaryl/α,β-unsaturated/α-hetero) is 4. The summed E-state index contributed by atoms with van der Waals surface area (Å²) < 4.78 is 23.4. The molecule has 0 bridgehead atoms. The molecule has 262 valence electrons. The van der Waals surface area contributed by atoms with Crippen molar-refractivity contribution in [2.24, 2.45) is 57.7 Å². The van der Waals surface area contributed by atoms with Crippen molar-refractivity contribution in [1.29, 1.82) is 0 Å². The van der Waals surface area contributed by atoms with Crippen LogP contribution in [-0.2, 0) is 52.5 Å². The van der Waals surface area contributed by atoms with Crippen LogP contribution in [0, 0.1) is 57.7 Å². The Labute approximate surface area is 276 Å². The highest BCUT2D eigenvalue weighted by Crippen LogP contribution is 2.76. The summed E-state index contributed by atoms with van der Waals surface area (Å²) in [5, 5.41) is 36.4. The number of fused-ring (bicyclic) bond motifs is 8. The lowest BCUT2D eigenvalue weighted by molar-refractivity contribution is -0.266. The third-order valence-electron chi connectivity index (χ3n) is 14.0. The average molecular weight is 675 g/mol. The topological polar surface area (TPSA) is 220 Å². The molecule has 7 aliphatic rings. The van der Waals surface area contributed by atoms with Gasteiger partial charge in [-0.25, -0.2) is 4.79 Å². The molecule has 2 heterocycles. The average Bonchev–Trinajstić information content (AvgIpc) is 3.69. The molecule has 0 aromatic carbocycles. The van der Waals surface area contributed by atoms with E-state index < -0.39 is 147 Å². The normalized spacial score (nSPS) is 54.3. The predicted molar refractivity (Wildman–Crippen MR) is 156 cm³/mol. The number of ether oxygens (including phenoxy) is 4. The minimum absolute atomic E-state index is 0.0251. The van der Waals surface area contributed by atoms with Crippen molar-refractivity contribution < 1.29 is 67.8 Å². The van der Waals surface area contributed by atoms with Gasteiger partial charge in [0.2, 0.25) is 0 Å². The van der Waals surface area contributed by atoms with Crippen LogP contribution in [-0.4, -0.2) is 105 Å². The van der Waals surface area contributed by atoms with Gasteiger partial charge in [0.05, 0.1) is 28.5 Å². The third kappa shape index (κ3) is 3.54. The van der Waals surface area contributed by atoms with E-state index in [1.807, 2.05) is 0 Å². The molecule has 0 aromatic heterocycles. The van der Waals surface area contributed by atoms with E-state index in [-0.39, 0.29) is 12.8 Å². The molecule has 0 spiro atoms. The zero-order valence-electron chi connectivity index (χ0n) is 27.8. The van der Waals surface area contributed by atoms with Crippen molar-refractivity contribution in [3.05, 3.63) is 0 Å². The highest BCUT2D eigenvalue weighted by Gasteiger charge is 2.87. The van der Waals surface area contributed by atoms with Gasteiger partial charge in [-0.15, -0.1) is 0 Å². The SMILES string of the molecule is CC(=O)OC1C(=O)C2CC3OC3C(O)C2(C(C)=O)C2C(OC(C)=O)C(O)C3(C(C)=O)C(C4OC(=O)C(C)(O)C5(C)C(=O)CC(C)C3C45)C12. The van der Waals surface area contributed by atoms with Crippen LogP contribution in [0.25, 0.3) is 0 Å². The van der Waals surface area contributed by atoms with Gasteiger partial charge in [0.25, 0.3) is 0 Å². The van der Waals surface area contributed by atoms with E-state index in [1.165, 1.54) is 27.7 Å². The van der Waals surface area contributed by atoms with Gasteiger partial charge in [-0.1, -0.05) is 6.92 Å². The van der Waals surface area contributed by atoms with Gasteiger partial charge >= 0.3 is 17.9 Å². The van der Waals surface area contributed by atoms with Crippen LogP contribution in [0.15, 0.2) is 0 Å². The summed E-state index contributed by atoms with van der Waals surface area (Å²) in [7, 11) is 0. The standard InChI is InChI=1S/C34H42O14/c1-10-8-17(39)31(6)22-19(10)34(12(3)36)20(26(22)48-30(43)32(31,7)44)18-21(27(29(34)42)46-14(5)38)33(11(2)35)15(9-16-24(47-16)28(33)41)23(40)25(18)45-13(4)37/h10,15-16,18-22,24-29,41-42,44H,8-9H2,1-7H3. The number of aliphatic hydroxyl groups excluding tert-OH is 2. The number of hydrogen-bond donors (Lipinski definition) is 3. The molecular weight excluding hydrogens is 632 g/mol. The molecule has 0 radical (unpaired) electrons. The Morgan fingerprint density at radius 3 is 1.98 bits per heavy atom. The Hall–Kier alpha value is -3.07. The van der Waals surface area contributed by atoms with Gasteiger partial charge in [0.1, 0.15) is 41.8 Å². The number of esters is 3. The number of epoxide rings is 1. The van der Waals surface area contributed by atoms with E-state index in [4.69, 9.17) is 18.9 Å². The van der Waals surface area contributed by atoms with Crippen LogP contribution in [0.2, 0.25) is 0 Å². The number of aliphatic hydroxyl groups is 3. The minimum atomic E-state index is -2.35. The highest BCUT2D eigenvalue weighted by atomic mass is 16.6. The lowest BCUT2D eigenvalue weighted by atomic mass is 9.39. The summed E-state index contributed by atoms with van der Waals surface area (Å²) in [6, 6.07) is 0. The number of ketones is 4. The summed E-state index contributed by atoms with van der Waals surface area (Å²) in [4.78, 5) is 96.6. The van der Waals surface area contributed by atoms with Crippen molar-refractivity contribution in [1.82, 2.24) is 0 Å². The van der Waals surface area contributed by atoms with Crippen LogP contribution in [0.1, 0.15) is 61.3 Å². The van der Waals surface area contributed by atoms with Gasteiger partial charge in [-0.05, 0) is 46.0 Å². The molecule has 0 amide bonds. The fourth-order valence-electron chi connectivity index (χ4n) is 12.3. The molecule has 18 atom stereocenters. The van der Waals surface area contributed by atoms with Gasteiger partial charge in [0, 0.05) is 49.9 Å². The first-order valence-corrected chi connectivity index (χ1v) is 16.6. The van der Waals surface area contributed by atoms with E-state index in [2.05, 4.69) is 0 Å². The highest BCUT2D eigenvalue weighted by molar-refractivity contribution is 6.00. The quantitative estimate of drug-likeness (QED) is 0.194. The van der Waals surface area contributed by atoms with E-state index >= 15 is 0 Å². The van der Waals surface area contributed by atoms with E-state index in [0.717, 1.165) is 13.8 Å². The van der Waals surface area contributed by atoms with Gasteiger partial charge in [-0.2, -0.15) is 0 Å². The third-order valence-corrected chi connectivity index (χ3v) is 14.0. The largest absolute Gasteiger partial charge is 0.460 e. The molecule has 14 nitrogen and oxygen atoms in total. The first-order valence-electron chi connectivity index (χ1n) is 16.6. The summed E-state index contributed by atoms with van der Waals surface area (Å²) in [5.74, 6) is -13.7. The van der Waals surface area contributed by atoms with E-state index in [0.29, 0.717) is 0 Å². The van der Waals surface area contributed by atoms with Crippen LogP contribution in [0.3, 0.4) is 0 Å². The second kappa shape index (κ2) is 10.0. The fourth-order valence-corrected chi connectivity index (χ4v) is 12.3. The zero-order chi connectivity index (χ0) is 35.4. The molecule has 18 unspecified atom stereocenters. The second-order valence-corrected chi connectivity index (χ2v) is 15.7. The summed E-state index contributed by atoms with van der Waals surface area (Å²) in [6.45, 7) is 8.86. The van der Waals surface area contributed by atoms with E-state index in [1.54, 1.807) is 6.92 Å². The molecule has 7 fully saturated rings. The summed E-state index contributed by atoms with van der Waals surface area (Å²) >= 11 is 0. The van der Waals surface area contributed by atoms with Crippen molar-refractivity contribution in [3.8, 4) is 0 Å². The summed E-state index contributed by atoms with van der Waals surface area (Å²) in [5.41, 5.74) is -8.22. The van der Waals surface area contributed by atoms with Crippen molar-refractivity contribution in [3.63, 3.8) is 0 Å². The molecule has 7 rings (SSSR count). The lowest BCUT2D eigenvalue weighted by Gasteiger charge is -2.64. The van der Waals surface area contributed by atoms with Crippen molar-refractivity contribution in [2.45, 2.75) is 110 Å². The summed E-state index contributed by atoms with van der Waals surface area (Å²) in [6.07, 6.45) is -9.96. The van der Waals surface area contributed by atoms with Crippen LogP contribution in [0.4, 0.5) is 0 Å². The first-order chi connectivity index (χ1) is 22.2. The molecule has 14 heteroatoms. The molecule has 3 N–H and O–H groups in total. The number of carbonyl (C=O) groups is 7. The fraction of sp³-hybridized carbons (Fsp3) is 0.794. The maximum Gasteiger partial charge on any atom is 0.339 e. The molecule has 5 aliphatic carbocycles. The van der Waals surface area contributed by atoms with Gasteiger partial charge in [-0.3, -0.25) is 28.8 Å². The number of carbonyl (C=O) groups excluding carboxylic acids is 7. The lowest BCUT2D eigenvalue weighted by Crippen LogP contribution is -2.77. The number of hydrogen-bond acceptors (Lipinski definition) is 14. The van der Waals surface area contributed by atoms with E-state index in [9.17, 15) is 48.9 Å². The maximum atomic E-state index is 14.7. The van der Waals surface area contributed by atoms with Crippen LogP contribution in [0.5, 0.6) is 0 Å². The minimum Gasteiger partial charge on any atom is -0.460 e. The van der Waals surface area contributed by atoms with Gasteiger partial charge in [0.15, 0.2) is 17.5 Å². The maximum absolute atomic E-state index is 14.7. The molecule has 5 saturated carbocycles. The molecule has 48 heavy (non-hydrogen) atoms. The Bertz CT molecular complexity index is 1570. The van der Waals surface area contributed by atoms with Crippen molar-refractivity contribution in [2.75, 3.05) is 0 Å². The Morgan fingerprint density at radius 1 is 0.812 bits per heavy atom. The van der Waals surface area contributed by atoms with Crippen molar-refractivity contribution >= 4 is 41.0 Å². The van der Waals surface area contributed by atoms with Crippen LogP contribution >= 0.6 is 0 Å². The monoisotopic (exact) mass is 674 g/mol. The molecular formula is C34H42O14. The smallest absolute Gasteiger partial charge is 0.339 e. The number of rotatable bonds is 4. The second-order valence-electron chi connectivity index (χ2n) is 15.7. The van der Waals surface area contributed by atoms with Crippen LogP contribution < -0.4 is 0 Å². The zero-order valence-corrected chi connectivity index (χ0v) is 27.8. The molecule has 2 aliphatic heterocycles. The molecule has 0 aromatic rings. The van der Waals surface area contributed by atoms with Gasteiger partial charge < -0.3 is 34.3 Å².